The number of halogens is 3. The van der Waals surface area contributed by atoms with Gasteiger partial charge in [-0.15, -0.1) is 0 Å². The summed E-state index contributed by atoms with van der Waals surface area (Å²) in [7, 11) is 0. The number of aliphatic hydroxyl groups is 1. The van der Waals surface area contributed by atoms with Crippen molar-refractivity contribution in [2.24, 2.45) is 0 Å². The van der Waals surface area contributed by atoms with E-state index in [1.807, 2.05) is 0 Å². The van der Waals surface area contributed by atoms with E-state index in [1.165, 1.54) is 6.07 Å². The van der Waals surface area contributed by atoms with Gasteiger partial charge in [0.15, 0.2) is 11.6 Å². The van der Waals surface area contributed by atoms with Gasteiger partial charge in [-0.1, -0.05) is 0 Å². The zero-order valence-corrected chi connectivity index (χ0v) is 14.2. The minimum atomic E-state index is -1.35. The average Bonchev–Trinajstić information content (AvgIpc) is 2.68. The maximum absolute atomic E-state index is 14.0. The van der Waals surface area contributed by atoms with Crippen LogP contribution >= 0.6 is 0 Å². The Bertz CT molecular complexity index is 940. The van der Waals surface area contributed by atoms with Gasteiger partial charge in [-0.25, -0.2) is 18.2 Å². The van der Waals surface area contributed by atoms with Crippen LogP contribution in [0.4, 0.5) is 30.6 Å². The minimum absolute atomic E-state index is 0.0416. The Morgan fingerprint density at radius 1 is 1.11 bits per heavy atom. The molecular weight excluding hydrogens is 359 g/mol. The smallest absolute Gasteiger partial charge is 0.225 e. The van der Waals surface area contributed by atoms with E-state index < -0.39 is 23.1 Å². The van der Waals surface area contributed by atoms with Crippen molar-refractivity contribution in [1.82, 2.24) is 15.0 Å². The summed E-state index contributed by atoms with van der Waals surface area (Å²) < 4.78 is 41.3. The molecule has 6 nitrogen and oxygen atoms in total. The van der Waals surface area contributed by atoms with Crippen molar-refractivity contribution in [3.63, 3.8) is 0 Å². The second kappa shape index (κ2) is 8.00. The molecule has 0 saturated carbocycles. The molecule has 0 amide bonds. The van der Waals surface area contributed by atoms with E-state index in [9.17, 15) is 18.3 Å². The van der Waals surface area contributed by atoms with Gasteiger partial charge in [0, 0.05) is 30.1 Å². The van der Waals surface area contributed by atoms with Crippen LogP contribution in [0.15, 0.2) is 42.7 Å². The van der Waals surface area contributed by atoms with Crippen LogP contribution in [0.1, 0.15) is 6.92 Å². The second-order valence-corrected chi connectivity index (χ2v) is 5.77. The number of hydrogen-bond donors (Lipinski definition) is 3. The Labute approximate surface area is 153 Å². The lowest BCUT2D eigenvalue weighted by atomic mass is 10.2. The van der Waals surface area contributed by atoms with E-state index in [0.717, 1.165) is 6.07 Å². The predicted octanol–water partition coefficient (Wildman–Crippen LogP) is 3.49. The number of nitrogens with one attached hydrogen (secondary N) is 2. The number of nitrogens with zero attached hydrogens (tertiary/aromatic N) is 3. The predicted molar refractivity (Wildman–Crippen MR) is 95.0 cm³/mol. The number of anilines is 3. The maximum Gasteiger partial charge on any atom is 0.225 e. The van der Waals surface area contributed by atoms with Gasteiger partial charge < -0.3 is 15.7 Å². The number of benzene rings is 1. The Morgan fingerprint density at radius 3 is 2.59 bits per heavy atom. The molecule has 2 heterocycles. The highest BCUT2D eigenvalue weighted by Gasteiger charge is 2.16. The molecule has 3 N–H and O–H groups in total. The fourth-order valence-corrected chi connectivity index (χ4v) is 2.27. The Morgan fingerprint density at radius 2 is 1.89 bits per heavy atom. The molecule has 9 heteroatoms. The first-order valence-electron chi connectivity index (χ1n) is 8.05. The molecule has 140 valence electrons. The summed E-state index contributed by atoms with van der Waals surface area (Å²) in [6, 6.07) is 6.07. The summed E-state index contributed by atoms with van der Waals surface area (Å²) in [6.07, 6.45) is 3.16. The van der Waals surface area contributed by atoms with Crippen molar-refractivity contribution < 1.29 is 18.3 Å². The lowest BCUT2D eigenvalue weighted by Crippen LogP contribution is -2.21. The van der Waals surface area contributed by atoms with Crippen molar-refractivity contribution >= 4 is 17.5 Å². The van der Waals surface area contributed by atoms with Gasteiger partial charge in [0.05, 0.1) is 12.3 Å². The summed E-state index contributed by atoms with van der Waals surface area (Å²) in [5.41, 5.74) is 0.403. The van der Waals surface area contributed by atoms with Gasteiger partial charge in [-0.05, 0) is 31.2 Å². The monoisotopic (exact) mass is 375 g/mol. The van der Waals surface area contributed by atoms with E-state index in [4.69, 9.17) is 0 Å². The molecule has 0 spiro atoms. The van der Waals surface area contributed by atoms with Gasteiger partial charge >= 0.3 is 0 Å². The van der Waals surface area contributed by atoms with Crippen molar-refractivity contribution in [2.45, 2.75) is 13.0 Å². The Kier molecular flexibility index (Phi) is 5.51. The fraction of sp³-hybridized carbons (Fsp3) is 0.167. The standard InChI is InChI=1S/C18H16F3N5O/c1-10(9-27)23-18-24-14(11-3-2-6-22-8-11)7-15(26-18)25-17-13(20)5-4-12(19)16(17)21/h2-8,10,27H,9H2,1H3,(H2,23,24,25,26)/t10-/m0/s1. The lowest BCUT2D eigenvalue weighted by Gasteiger charge is -2.15. The lowest BCUT2D eigenvalue weighted by molar-refractivity contribution is 0.281. The van der Waals surface area contributed by atoms with Crippen LogP contribution < -0.4 is 10.6 Å². The third kappa shape index (κ3) is 4.32. The maximum atomic E-state index is 14.0. The molecule has 1 atom stereocenters. The van der Waals surface area contributed by atoms with Crippen LogP contribution in [0.5, 0.6) is 0 Å². The first-order chi connectivity index (χ1) is 13.0. The summed E-state index contributed by atoms with van der Waals surface area (Å²) in [6.45, 7) is 1.54. The summed E-state index contributed by atoms with van der Waals surface area (Å²) in [5, 5.41) is 14.5. The quantitative estimate of drug-likeness (QED) is 0.572. The molecule has 0 unspecified atom stereocenters. The molecule has 0 radical (unpaired) electrons. The van der Waals surface area contributed by atoms with E-state index in [0.29, 0.717) is 17.3 Å². The highest BCUT2D eigenvalue weighted by molar-refractivity contribution is 5.67. The van der Waals surface area contributed by atoms with Gasteiger partial charge in [0.25, 0.3) is 0 Å². The molecule has 2 aromatic heterocycles. The number of aromatic nitrogens is 3. The third-order valence-corrected chi connectivity index (χ3v) is 3.63. The minimum Gasteiger partial charge on any atom is -0.394 e. The normalized spacial score (nSPS) is 11.9. The number of pyridine rings is 1. The van der Waals surface area contributed by atoms with Crippen LogP contribution in [0.3, 0.4) is 0 Å². The summed E-state index contributed by atoms with van der Waals surface area (Å²) in [5.74, 6) is -3.34. The van der Waals surface area contributed by atoms with Gasteiger partial charge in [-0.3, -0.25) is 4.98 Å². The van der Waals surface area contributed by atoms with Crippen LogP contribution in [0, 0.1) is 17.5 Å². The Hall–Kier alpha value is -3.20. The summed E-state index contributed by atoms with van der Waals surface area (Å²) >= 11 is 0. The average molecular weight is 375 g/mol. The first kappa shape index (κ1) is 18.6. The van der Waals surface area contributed by atoms with E-state index >= 15 is 0 Å². The summed E-state index contributed by atoms with van der Waals surface area (Å²) in [4.78, 5) is 12.5. The topological polar surface area (TPSA) is 83.0 Å². The highest BCUT2D eigenvalue weighted by atomic mass is 19.2. The SMILES string of the molecule is C[C@@H](CO)Nc1nc(Nc2c(F)ccc(F)c2F)cc(-c2cccnc2)n1. The highest BCUT2D eigenvalue weighted by Crippen LogP contribution is 2.27. The van der Waals surface area contributed by atoms with Crippen molar-refractivity contribution in [2.75, 3.05) is 17.2 Å². The molecule has 0 saturated heterocycles. The van der Waals surface area contributed by atoms with Gasteiger partial charge in [0.1, 0.15) is 17.3 Å². The van der Waals surface area contributed by atoms with Crippen LogP contribution in [0.2, 0.25) is 0 Å². The molecule has 0 bridgehead atoms. The van der Waals surface area contributed by atoms with Crippen molar-refractivity contribution in [3.05, 3.63) is 60.2 Å². The van der Waals surface area contributed by atoms with Crippen LogP contribution in [0.25, 0.3) is 11.3 Å². The molecule has 27 heavy (non-hydrogen) atoms. The van der Waals surface area contributed by atoms with Crippen molar-refractivity contribution in [1.29, 1.82) is 0 Å². The zero-order chi connectivity index (χ0) is 19.4. The van der Waals surface area contributed by atoms with Gasteiger partial charge in [-0.2, -0.15) is 4.98 Å². The molecule has 0 fully saturated rings. The van der Waals surface area contributed by atoms with Crippen LogP contribution in [-0.4, -0.2) is 32.7 Å². The second-order valence-electron chi connectivity index (χ2n) is 5.77. The molecule has 0 aliphatic carbocycles. The molecule has 3 rings (SSSR count). The molecule has 0 aliphatic heterocycles. The number of hydrogen-bond acceptors (Lipinski definition) is 6. The van der Waals surface area contributed by atoms with Crippen molar-refractivity contribution in [3.8, 4) is 11.3 Å². The van der Waals surface area contributed by atoms with Gasteiger partial charge in [0.2, 0.25) is 5.95 Å². The largest absolute Gasteiger partial charge is 0.394 e. The third-order valence-electron chi connectivity index (χ3n) is 3.63. The van der Waals surface area contributed by atoms with E-state index in [-0.39, 0.29) is 24.4 Å². The first-order valence-corrected chi connectivity index (χ1v) is 8.05. The van der Waals surface area contributed by atoms with E-state index in [1.54, 1.807) is 31.5 Å². The van der Waals surface area contributed by atoms with E-state index in [2.05, 4.69) is 25.6 Å². The zero-order valence-electron chi connectivity index (χ0n) is 14.2. The fourth-order valence-electron chi connectivity index (χ4n) is 2.27. The molecular formula is C18H16F3N5O. The molecule has 1 aromatic carbocycles. The number of aliphatic hydroxyl groups excluding tert-OH is 1. The Balaban J connectivity index is 2.04. The molecule has 0 aliphatic rings. The number of rotatable bonds is 6. The van der Waals surface area contributed by atoms with Crippen LogP contribution in [-0.2, 0) is 0 Å². The molecule has 3 aromatic rings.